The third-order valence-electron chi connectivity index (χ3n) is 2.44. The van der Waals surface area contributed by atoms with Crippen molar-refractivity contribution in [1.29, 1.82) is 5.26 Å². The molecule has 0 bridgehead atoms. The molecule has 1 aliphatic heterocycles. The van der Waals surface area contributed by atoms with Crippen LogP contribution in [0.4, 0.5) is 11.4 Å². The number of hydrogen-bond acceptors (Lipinski definition) is 4. The lowest BCUT2D eigenvalue weighted by atomic mass is 10.1. The minimum absolute atomic E-state index is 0.0388. The molecule has 2 N–H and O–H groups in total. The summed E-state index contributed by atoms with van der Waals surface area (Å²) in [6.07, 6.45) is 0. The molecule has 1 aromatic carbocycles. The molecule has 0 radical (unpaired) electrons. The summed E-state index contributed by atoms with van der Waals surface area (Å²) in [7, 11) is 0. The summed E-state index contributed by atoms with van der Waals surface area (Å²) in [5.41, 5.74) is 6.75. The molecule has 0 saturated heterocycles. The molecule has 0 spiro atoms. The van der Waals surface area contributed by atoms with Crippen molar-refractivity contribution in [3.05, 3.63) is 18.2 Å². The zero-order valence-corrected chi connectivity index (χ0v) is 8.80. The van der Waals surface area contributed by atoms with Crippen molar-refractivity contribution in [3.63, 3.8) is 0 Å². The van der Waals surface area contributed by atoms with Crippen molar-refractivity contribution in [2.75, 3.05) is 17.2 Å². The molecule has 1 unspecified atom stereocenters. The van der Waals surface area contributed by atoms with Gasteiger partial charge in [0, 0.05) is 5.69 Å². The van der Waals surface area contributed by atoms with Crippen LogP contribution in [-0.4, -0.2) is 18.6 Å². The Labute approximate surface area is 93.0 Å². The third-order valence-corrected chi connectivity index (χ3v) is 2.44. The molecule has 1 aromatic rings. The molecule has 1 amide bonds. The van der Waals surface area contributed by atoms with Crippen LogP contribution in [0.2, 0.25) is 0 Å². The van der Waals surface area contributed by atoms with E-state index in [0.717, 1.165) is 0 Å². The van der Waals surface area contributed by atoms with Crippen LogP contribution in [0.25, 0.3) is 0 Å². The molecule has 1 heterocycles. The van der Waals surface area contributed by atoms with Crippen molar-refractivity contribution < 1.29 is 9.53 Å². The topological polar surface area (TPSA) is 79.3 Å². The number of anilines is 2. The van der Waals surface area contributed by atoms with Gasteiger partial charge in [-0.15, -0.1) is 0 Å². The van der Waals surface area contributed by atoms with Crippen molar-refractivity contribution >= 4 is 17.3 Å². The summed E-state index contributed by atoms with van der Waals surface area (Å²) in [6.45, 7) is 1.62. The van der Waals surface area contributed by atoms with Gasteiger partial charge < -0.3 is 10.5 Å². The molecule has 5 nitrogen and oxygen atoms in total. The highest BCUT2D eigenvalue weighted by Gasteiger charge is 2.29. The number of benzene rings is 1. The summed E-state index contributed by atoms with van der Waals surface area (Å²) in [4.78, 5) is 13.1. The van der Waals surface area contributed by atoms with E-state index in [0.29, 0.717) is 17.1 Å². The normalized spacial score (nSPS) is 16.0. The molecule has 1 atom stereocenters. The molecule has 0 fully saturated rings. The zero-order chi connectivity index (χ0) is 11.7. The number of nitrogens with zero attached hydrogens (tertiary/aromatic N) is 2. The van der Waals surface area contributed by atoms with Crippen LogP contribution in [0.15, 0.2) is 18.2 Å². The van der Waals surface area contributed by atoms with E-state index in [9.17, 15) is 4.79 Å². The fourth-order valence-corrected chi connectivity index (χ4v) is 1.67. The van der Waals surface area contributed by atoms with Crippen LogP contribution < -0.4 is 15.4 Å². The predicted molar refractivity (Wildman–Crippen MR) is 58.9 cm³/mol. The monoisotopic (exact) mass is 217 g/mol. The molecule has 0 aliphatic carbocycles. The fraction of sp³-hybridized carbons (Fsp3) is 0.273. The highest BCUT2D eigenvalue weighted by atomic mass is 16.5. The van der Waals surface area contributed by atoms with Gasteiger partial charge in [0.1, 0.15) is 11.8 Å². The quantitative estimate of drug-likeness (QED) is 0.709. The second-order valence-electron chi connectivity index (χ2n) is 3.58. The lowest BCUT2D eigenvalue weighted by Crippen LogP contribution is -2.43. The number of carbonyl (C=O) groups excluding carboxylic acids is 1. The first kappa shape index (κ1) is 10.3. The first-order chi connectivity index (χ1) is 7.63. The predicted octanol–water partition coefficient (Wildman–Crippen LogP) is 0.906. The first-order valence-corrected chi connectivity index (χ1v) is 4.87. The Morgan fingerprint density at radius 2 is 2.38 bits per heavy atom. The maximum Gasteiger partial charge on any atom is 0.266 e. The van der Waals surface area contributed by atoms with Gasteiger partial charge >= 0.3 is 0 Å². The number of amides is 1. The summed E-state index contributed by atoms with van der Waals surface area (Å²) in [6, 6.07) is 6.54. The average Bonchev–Trinajstić information content (AvgIpc) is 2.28. The Kier molecular flexibility index (Phi) is 2.41. The van der Waals surface area contributed by atoms with Crippen molar-refractivity contribution in [2.24, 2.45) is 0 Å². The van der Waals surface area contributed by atoms with Crippen molar-refractivity contribution in [1.82, 2.24) is 0 Å². The molecular formula is C11H11N3O2. The van der Waals surface area contributed by atoms with E-state index in [4.69, 9.17) is 15.7 Å². The van der Waals surface area contributed by atoms with E-state index < -0.39 is 6.04 Å². The average molecular weight is 217 g/mol. The smallest absolute Gasteiger partial charge is 0.266 e. The van der Waals surface area contributed by atoms with Gasteiger partial charge in [0.05, 0.1) is 11.8 Å². The minimum Gasteiger partial charge on any atom is -0.482 e. The number of ether oxygens (including phenoxy) is 1. The van der Waals surface area contributed by atoms with Crippen LogP contribution in [0.3, 0.4) is 0 Å². The number of nitrogen functional groups attached to an aromatic ring is 1. The van der Waals surface area contributed by atoms with E-state index >= 15 is 0 Å². The first-order valence-electron chi connectivity index (χ1n) is 4.87. The molecule has 0 saturated carbocycles. The second-order valence-corrected chi connectivity index (χ2v) is 3.58. The second kappa shape index (κ2) is 3.74. The fourth-order valence-electron chi connectivity index (χ4n) is 1.67. The van der Waals surface area contributed by atoms with E-state index in [1.54, 1.807) is 25.1 Å². The van der Waals surface area contributed by atoms with Crippen LogP contribution >= 0.6 is 0 Å². The summed E-state index contributed by atoms with van der Waals surface area (Å²) in [5.74, 6) is 0.350. The SMILES string of the molecule is CC(C#N)N1C(=O)COc2ccc(N)cc21. The molecule has 82 valence electrons. The van der Waals surface area contributed by atoms with E-state index in [1.807, 2.05) is 6.07 Å². The van der Waals surface area contributed by atoms with Gasteiger partial charge in [-0.2, -0.15) is 5.26 Å². The largest absolute Gasteiger partial charge is 0.482 e. The van der Waals surface area contributed by atoms with Crippen LogP contribution in [0.1, 0.15) is 6.92 Å². The van der Waals surface area contributed by atoms with E-state index in [-0.39, 0.29) is 12.5 Å². The minimum atomic E-state index is -0.531. The number of nitrogens with two attached hydrogens (primary N) is 1. The Morgan fingerprint density at radius 1 is 1.62 bits per heavy atom. The zero-order valence-electron chi connectivity index (χ0n) is 8.80. The Hall–Kier alpha value is -2.22. The van der Waals surface area contributed by atoms with E-state index in [2.05, 4.69) is 0 Å². The summed E-state index contributed by atoms with van der Waals surface area (Å²) >= 11 is 0. The van der Waals surface area contributed by atoms with E-state index in [1.165, 1.54) is 4.90 Å². The van der Waals surface area contributed by atoms with Crippen molar-refractivity contribution in [3.8, 4) is 11.8 Å². The maximum absolute atomic E-state index is 11.7. The van der Waals surface area contributed by atoms with Gasteiger partial charge in [0.15, 0.2) is 6.61 Å². The number of carbonyl (C=O) groups is 1. The lowest BCUT2D eigenvalue weighted by molar-refractivity contribution is -0.121. The van der Waals surface area contributed by atoms with Crippen LogP contribution in [0.5, 0.6) is 5.75 Å². The lowest BCUT2D eigenvalue weighted by Gasteiger charge is -2.31. The third kappa shape index (κ3) is 1.54. The van der Waals surface area contributed by atoms with Gasteiger partial charge in [0.25, 0.3) is 5.91 Å². The molecule has 5 heteroatoms. The molecule has 0 aromatic heterocycles. The van der Waals surface area contributed by atoms with Gasteiger partial charge in [-0.3, -0.25) is 9.69 Å². The summed E-state index contributed by atoms with van der Waals surface area (Å²) < 4.78 is 5.26. The standard InChI is InChI=1S/C11H11N3O2/c1-7(5-12)14-9-4-8(13)2-3-10(9)16-6-11(14)15/h2-4,7H,6,13H2,1H3. The molecular weight excluding hydrogens is 206 g/mol. The molecule has 16 heavy (non-hydrogen) atoms. The maximum atomic E-state index is 11.7. The van der Waals surface area contributed by atoms with Gasteiger partial charge in [-0.05, 0) is 25.1 Å². The van der Waals surface area contributed by atoms with Gasteiger partial charge in [-0.1, -0.05) is 0 Å². The highest BCUT2D eigenvalue weighted by Crippen LogP contribution is 2.34. The van der Waals surface area contributed by atoms with Gasteiger partial charge in [0.2, 0.25) is 0 Å². The van der Waals surface area contributed by atoms with Crippen molar-refractivity contribution in [2.45, 2.75) is 13.0 Å². The molecule has 2 rings (SSSR count). The number of fused-ring (bicyclic) bond motifs is 1. The van der Waals surface area contributed by atoms with Gasteiger partial charge in [-0.25, -0.2) is 0 Å². The highest BCUT2D eigenvalue weighted by molar-refractivity contribution is 5.99. The van der Waals surface area contributed by atoms with Crippen LogP contribution in [-0.2, 0) is 4.79 Å². The number of hydrogen-bond donors (Lipinski definition) is 1. The number of rotatable bonds is 1. The Balaban J connectivity index is 2.51. The Morgan fingerprint density at radius 3 is 3.06 bits per heavy atom. The molecule has 1 aliphatic rings. The van der Waals surface area contributed by atoms with Crippen LogP contribution in [0, 0.1) is 11.3 Å². The summed E-state index contributed by atoms with van der Waals surface area (Å²) in [5, 5.41) is 8.88. The number of nitriles is 1. The Bertz CT molecular complexity index is 479.